The number of hydrogen-bond acceptors (Lipinski definition) is 6. The van der Waals surface area contributed by atoms with Gasteiger partial charge in [-0.3, -0.25) is 20.2 Å². The fraction of sp³-hybridized carbons (Fsp3) is 0.762. The first-order valence-electron chi connectivity index (χ1n) is 10.3. The van der Waals surface area contributed by atoms with Crippen molar-refractivity contribution in [2.75, 3.05) is 26.2 Å². The third kappa shape index (κ3) is 5.20. The highest BCUT2D eigenvalue weighted by molar-refractivity contribution is 5.95. The van der Waals surface area contributed by atoms with Crippen molar-refractivity contribution in [3.8, 4) is 0 Å². The number of allylic oxidation sites excluding steroid dienone is 1. The Labute approximate surface area is 168 Å². The van der Waals surface area contributed by atoms with E-state index in [0.29, 0.717) is 6.42 Å². The third-order valence-electron chi connectivity index (χ3n) is 5.50. The van der Waals surface area contributed by atoms with Crippen LogP contribution in [0.1, 0.15) is 53.9 Å². The topological polar surface area (TPSA) is 87.7 Å². The molecule has 0 aromatic rings. The summed E-state index contributed by atoms with van der Waals surface area (Å²) < 4.78 is 5.26. The molecule has 28 heavy (non-hydrogen) atoms. The van der Waals surface area contributed by atoms with Crippen molar-refractivity contribution in [3.05, 3.63) is 12.2 Å². The smallest absolute Gasteiger partial charge is 0.410 e. The van der Waals surface area contributed by atoms with E-state index in [1.807, 2.05) is 46.8 Å². The van der Waals surface area contributed by atoms with Crippen molar-refractivity contribution >= 4 is 17.7 Å². The number of carbonyl (C=O) groups excluding carboxylic acids is 3. The van der Waals surface area contributed by atoms with E-state index >= 15 is 0 Å². The van der Waals surface area contributed by atoms with E-state index in [-0.39, 0.29) is 49.8 Å². The van der Waals surface area contributed by atoms with Gasteiger partial charge in [-0.25, -0.2) is 4.79 Å². The van der Waals surface area contributed by atoms with E-state index < -0.39 is 17.2 Å². The Morgan fingerprint density at radius 1 is 1.21 bits per heavy atom. The summed E-state index contributed by atoms with van der Waals surface area (Å²) in [5, 5.41) is 6.59. The molecule has 3 aliphatic rings. The van der Waals surface area contributed by atoms with Crippen LogP contribution in [0, 0.1) is 5.92 Å². The van der Waals surface area contributed by atoms with Gasteiger partial charge in [-0.05, 0) is 40.0 Å². The SMILES string of the molecule is CC(C)NC12CN(C1)C(=O)OC/C=C/CCC[C@](C)(C(=O)C(C)C)NCC2=O. The molecule has 158 valence electrons. The quantitative estimate of drug-likeness (QED) is 0.711. The highest BCUT2D eigenvalue weighted by atomic mass is 16.6. The second-order valence-electron chi connectivity index (χ2n) is 8.81. The van der Waals surface area contributed by atoms with Crippen LogP contribution < -0.4 is 10.6 Å². The minimum absolute atomic E-state index is 0.0268. The minimum atomic E-state index is -0.794. The minimum Gasteiger partial charge on any atom is -0.445 e. The van der Waals surface area contributed by atoms with Crippen molar-refractivity contribution in [3.63, 3.8) is 0 Å². The van der Waals surface area contributed by atoms with Crippen LogP contribution >= 0.6 is 0 Å². The highest BCUT2D eigenvalue weighted by Gasteiger charge is 2.51. The normalized spacial score (nSPS) is 31.0. The largest absolute Gasteiger partial charge is 0.445 e. The van der Waals surface area contributed by atoms with Crippen LogP contribution in [0.15, 0.2) is 12.2 Å². The predicted molar refractivity (Wildman–Crippen MR) is 108 cm³/mol. The Balaban J connectivity index is 2.22. The first-order chi connectivity index (χ1) is 13.1. The maximum Gasteiger partial charge on any atom is 0.410 e. The molecule has 2 N–H and O–H groups in total. The molecule has 1 amide bonds. The molecule has 1 atom stereocenters. The molecule has 0 aliphatic carbocycles. The predicted octanol–water partition coefficient (Wildman–Crippen LogP) is 2.06. The van der Waals surface area contributed by atoms with Crippen molar-refractivity contribution in [2.24, 2.45) is 5.92 Å². The van der Waals surface area contributed by atoms with Crippen molar-refractivity contribution < 1.29 is 19.1 Å². The van der Waals surface area contributed by atoms with Crippen LogP contribution in [0.4, 0.5) is 4.79 Å². The molecule has 0 spiro atoms. The fourth-order valence-corrected chi connectivity index (χ4v) is 3.99. The van der Waals surface area contributed by atoms with Crippen molar-refractivity contribution in [1.82, 2.24) is 15.5 Å². The maximum atomic E-state index is 13.1. The summed E-state index contributed by atoms with van der Waals surface area (Å²) in [7, 11) is 0. The molecule has 0 aromatic carbocycles. The average Bonchev–Trinajstić information content (AvgIpc) is 2.60. The molecule has 7 nitrogen and oxygen atoms in total. The van der Waals surface area contributed by atoms with Gasteiger partial charge in [0.1, 0.15) is 12.1 Å². The summed E-state index contributed by atoms with van der Waals surface area (Å²) >= 11 is 0. The summed E-state index contributed by atoms with van der Waals surface area (Å²) in [6.45, 7) is 10.5. The van der Waals surface area contributed by atoms with Gasteiger partial charge in [0.2, 0.25) is 0 Å². The van der Waals surface area contributed by atoms with Gasteiger partial charge < -0.3 is 9.64 Å². The van der Waals surface area contributed by atoms with Crippen molar-refractivity contribution in [2.45, 2.75) is 71.0 Å². The molecule has 2 bridgehead atoms. The Bertz CT molecular complexity index is 623. The van der Waals surface area contributed by atoms with Crippen molar-refractivity contribution in [1.29, 1.82) is 0 Å². The van der Waals surface area contributed by atoms with E-state index in [0.717, 1.165) is 12.8 Å². The molecule has 3 rings (SSSR count). The summed E-state index contributed by atoms with van der Waals surface area (Å²) in [5.74, 6) is -0.0209. The first kappa shape index (κ1) is 22.6. The average molecular weight is 394 g/mol. The summed E-state index contributed by atoms with van der Waals surface area (Å²) in [4.78, 5) is 39.6. The fourth-order valence-electron chi connectivity index (χ4n) is 3.99. The second kappa shape index (κ2) is 9.18. The first-order valence-corrected chi connectivity index (χ1v) is 10.3. The van der Waals surface area contributed by atoms with Crippen LogP contribution in [0.2, 0.25) is 0 Å². The van der Waals surface area contributed by atoms with E-state index in [1.54, 1.807) is 4.90 Å². The van der Waals surface area contributed by atoms with Crippen LogP contribution in [-0.2, 0) is 14.3 Å². The Morgan fingerprint density at radius 2 is 1.89 bits per heavy atom. The van der Waals surface area contributed by atoms with E-state index in [1.165, 1.54) is 0 Å². The molecule has 1 fully saturated rings. The zero-order chi connectivity index (χ0) is 20.9. The van der Waals surface area contributed by atoms with Gasteiger partial charge in [0, 0.05) is 12.0 Å². The Morgan fingerprint density at radius 3 is 2.50 bits per heavy atom. The van der Waals surface area contributed by atoms with Gasteiger partial charge in [-0.1, -0.05) is 26.0 Å². The molecular formula is C21H35N3O4. The lowest BCUT2D eigenvalue weighted by atomic mass is 9.82. The van der Waals surface area contributed by atoms with Gasteiger partial charge in [-0.15, -0.1) is 0 Å². The molecule has 7 heteroatoms. The number of ether oxygens (including phenoxy) is 1. The Hall–Kier alpha value is -1.73. The van der Waals surface area contributed by atoms with Gasteiger partial charge in [0.15, 0.2) is 11.6 Å². The molecule has 0 unspecified atom stereocenters. The van der Waals surface area contributed by atoms with Gasteiger partial charge in [-0.2, -0.15) is 0 Å². The number of hydrogen-bond donors (Lipinski definition) is 2. The van der Waals surface area contributed by atoms with Gasteiger partial charge >= 0.3 is 6.09 Å². The van der Waals surface area contributed by atoms with Crippen LogP contribution in [0.5, 0.6) is 0 Å². The van der Waals surface area contributed by atoms with Crippen LogP contribution in [0.25, 0.3) is 0 Å². The van der Waals surface area contributed by atoms with E-state index in [4.69, 9.17) is 4.74 Å². The zero-order valence-corrected chi connectivity index (χ0v) is 17.8. The van der Waals surface area contributed by atoms with Crippen LogP contribution in [0.3, 0.4) is 0 Å². The van der Waals surface area contributed by atoms with E-state index in [2.05, 4.69) is 10.6 Å². The third-order valence-corrected chi connectivity index (χ3v) is 5.50. The second-order valence-corrected chi connectivity index (χ2v) is 8.81. The molecular weight excluding hydrogens is 358 g/mol. The number of carbonyl (C=O) groups is 3. The zero-order valence-electron chi connectivity index (χ0n) is 17.8. The lowest BCUT2D eigenvalue weighted by molar-refractivity contribution is -0.133. The number of Topliss-reactive ketones (excluding diaryl/α,β-unsaturated/α-hetero) is 2. The number of ketones is 2. The Kier molecular flexibility index (Phi) is 7.39. The lowest BCUT2D eigenvalue weighted by Gasteiger charge is -2.49. The molecule has 0 saturated carbocycles. The van der Waals surface area contributed by atoms with Gasteiger partial charge in [0.05, 0.1) is 25.2 Å². The summed E-state index contributed by atoms with van der Waals surface area (Å²) in [6, 6.07) is 0.0933. The number of nitrogens with zero attached hydrogens (tertiary/aromatic N) is 1. The molecule has 3 aliphatic heterocycles. The van der Waals surface area contributed by atoms with Crippen LogP contribution in [-0.4, -0.2) is 65.9 Å². The summed E-state index contributed by atoms with van der Waals surface area (Å²) in [6.07, 6.45) is 5.65. The molecule has 0 radical (unpaired) electrons. The lowest BCUT2D eigenvalue weighted by Crippen LogP contribution is -2.76. The number of nitrogens with one attached hydrogen (secondary N) is 2. The monoisotopic (exact) mass is 393 g/mol. The molecule has 3 heterocycles. The standard InChI is InChI=1S/C21H35N3O4/c1-15(2)18(26)20(5)10-8-6-7-9-11-28-19(27)24-13-21(14-24,23-16(3)4)17(25)12-22-20/h7,9,15-16,22-23H,6,8,10-14H2,1-5H3/b9-7+/t20-/m1/s1. The number of rotatable bonds is 4. The number of fused-ring (bicyclic) bond motifs is 10. The highest BCUT2D eigenvalue weighted by Crippen LogP contribution is 2.25. The van der Waals surface area contributed by atoms with Gasteiger partial charge in [0.25, 0.3) is 0 Å². The molecule has 0 aromatic heterocycles. The summed E-state index contributed by atoms with van der Waals surface area (Å²) in [5.41, 5.74) is -1.54. The number of amides is 1. The van der Waals surface area contributed by atoms with E-state index in [9.17, 15) is 14.4 Å². The maximum absolute atomic E-state index is 13.1. The molecule has 1 saturated heterocycles.